The van der Waals surface area contributed by atoms with E-state index < -0.39 is 0 Å². The number of hydrogen-bond acceptors (Lipinski definition) is 2. The molecular weight excluding hydrogens is 665 g/mol. The molecule has 2 atom stereocenters. The van der Waals surface area contributed by atoms with E-state index in [1.807, 2.05) is 0 Å². The molecule has 298 valence electrons. The molecule has 1 aliphatic carbocycles. The predicted molar refractivity (Wildman–Crippen MR) is 241 cm³/mol. The average Bonchev–Trinajstić information content (AvgIpc) is 3.19. The van der Waals surface area contributed by atoms with Crippen LogP contribution in [-0.2, 0) is 5.41 Å². The highest BCUT2D eigenvalue weighted by atomic mass is 14.5. The first-order valence-corrected chi connectivity index (χ1v) is 22.7. The summed E-state index contributed by atoms with van der Waals surface area (Å²) in [6.07, 6.45) is 26.4. The lowest BCUT2D eigenvalue weighted by Crippen LogP contribution is -2.33. The third kappa shape index (κ3) is 11.5. The van der Waals surface area contributed by atoms with Crippen molar-refractivity contribution < 1.29 is 0 Å². The Morgan fingerprint density at radius 3 is 1.31 bits per heavy atom. The molecule has 1 saturated carbocycles. The summed E-state index contributed by atoms with van der Waals surface area (Å²) in [6, 6.07) is 33.0. The van der Waals surface area contributed by atoms with Gasteiger partial charge in [-0.05, 0) is 127 Å². The van der Waals surface area contributed by atoms with Gasteiger partial charge in [0.25, 0.3) is 0 Å². The first-order chi connectivity index (χ1) is 26.8. The van der Waals surface area contributed by atoms with Crippen LogP contribution in [0.5, 0.6) is 0 Å². The number of unbranched alkanes of at least 4 members (excludes halogenated alkanes) is 10. The number of nitrogens with two attached hydrogens (primary N) is 2. The smallest absolute Gasteiger partial charge is 0.0316 e. The van der Waals surface area contributed by atoms with Gasteiger partial charge in [0, 0.05) is 28.6 Å². The first kappa shape index (κ1) is 42.6. The van der Waals surface area contributed by atoms with Gasteiger partial charge in [-0.25, -0.2) is 0 Å². The minimum absolute atomic E-state index is 0.0537. The van der Waals surface area contributed by atoms with E-state index >= 15 is 0 Å². The SMILES string of the molecule is CCCCCCCCCCCC1CCC(c2ccc(C(CCCC)c3ccc(N)cc3C)cc2)(c2ccc(C(CCCC)c3ccc(N)cc3C)cc2)CC1. The van der Waals surface area contributed by atoms with Gasteiger partial charge < -0.3 is 11.5 Å². The molecule has 4 aromatic rings. The molecule has 4 aromatic carbocycles. The molecular formula is C53H76N2. The number of benzene rings is 4. The van der Waals surface area contributed by atoms with Crippen LogP contribution in [-0.4, -0.2) is 0 Å². The van der Waals surface area contributed by atoms with Crippen LogP contribution in [0, 0.1) is 19.8 Å². The number of rotatable bonds is 22. The van der Waals surface area contributed by atoms with Crippen molar-refractivity contribution in [2.45, 2.75) is 180 Å². The number of aryl methyl sites for hydroxylation is 2. The van der Waals surface area contributed by atoms with Crippen molar-refractivity contribution in [1.29, 1.82) is 0 Å². The van der Waals surface area contributed by atoms with Crippen LogP contribution in [0.15, 0.2) is 84.9 Å². The summed E-state index contributed by atoms with van der Waals surface area (Å²) < 4.78 is 0. The monoisotopic (exact) mass is 741 g/mol. The van der Waals surface area contributed by atoms with Crippen molar-refractivity contribution in [1.82, 2.24) is 0 Å². The fraction of sp³-hybridized carbons (Fsp3) is 0.547. The minimum Gasteiger partial charge on any atom is -0.399 e. The number of hydrogen-bond donors (Lipinski definition) is 2. The topological polar surface area (TPSA) is 52.0 Å². The Labute approximate surface area is 337 Å². The first-order valence-electron chi connectivity index (χ1n) is 22.7. The average molecular weight is 741 g/mol. The summed E-state index contributed by atoms with van der Waals surface area (Å²) in [5, 5.41) is 0. The van der Waals surface area contributed by atoms with Crippen LogP contribution in [0.1, 0.15) is 206 Å². The molecule has 5 rings (SSSR count). The summed E-state index contributed by atoms with van der Waals surface area (Å²) in [6.45, 7) is 11.4. The second kappa shape index (κ2) is 21.7. The zero-order valence-corrected chi connectivity index (χ0v) is 35.6. The van der Waals surface area contributed by atoms with Gasteiger partial charge in [0.2, 0.25) is 0 Å². The van der Waals surface area contributed by atoms with Gasteiger partial charge in [0.15, 0.2) is 0 Å². The van der Waals surface area contributed by atoms with Crippen molar-refractivity contribution in [3.8, 4) is 0 Å². The Morgan fingerprint density at radius 1 is 0.509 bits per heavy atom. The van der Waals surface area contributed by atoms with Crippen molar-refractivity contribution in [2.75, 3.05) is 11.5 Å². The zero-order valence-electron chi connectivity index (χ0n) is 35.6. The van der Waals surface area contributed by atoms with E-state index in [4.69, 9.17) is 11.5 Å². The Hall–Kier alpha value is -3.52. The lowest BCUT2D eigenvalue weighted by atomic mass is 9.62. The van der Waals surface area contributed by atoms with Crippen molar-refractivity contribution >= 4 is 11.4 Å². The molecule has 0 aliphatic heterocycles. The second-order valence-corrected chi connectivity index (χ2v) is 17.5. The highest BCUT2D eigenvalue weighted by Gasteiger charge is 2.38. The lowest BCUT2D eigenvalue weighted by Gasteiger charge is -2.42. The van der Waals surface area contributed by atoms with E-state index in [1.54, 1.807) is 0 Å². The Morgan fingerprint density at radius 2 is 0.909 bits per heavy atom. The molecule has 4 N–H and O–H groups in total. The molecule has 0 heterocycles. The zero-order chi connectivity index (χ0) is 39.0. The van der Waals surface area contributed by atoms with E-state index in [9.17, 15) is 0 Å². The Balaban J connectivity index is 1.39. The van der Waals surface area contributed by atoms with Gasteiger partial charge in [-0.2, -0.15) is 0 Å². The van der Waals surface area contributed by atoms with Crippen LogP contribution in [0.2, 0.25) is 0 Å². The quantitative estimate of drug-likeness (QED) is 0.0623. The highest BCUT2D eigenvalue weighted by molar-refractivity contribution is 5.51. The molecule has 0 saturated heterocycles. The number of nitrogen functional groups attached to an aromatic ring is 2. The predicted octanol–water partition coefficient (Wildman–Crippen LogP) is 15.5. The summed E-state index contributed by atoms with van der Waals surface area (Å²) in [7, 11) is 0. The fourth-order valence-electron chi connectivity index (χ4n) is 10.0. The van der Waals surface area contributed by atoms with Gasteiger partial charge in [-0.15, -0.1) is 0 Å². The molecule has 2 heteroatoms. The fourth-order valence-corrected chi connectivity index (χ4v) is 10.0. The largest absolute Gasteiger partial charge is 0.399 e. The Bertz CT molecular complexity index is 1580. The van der Waals surface area contributed by atoms with Crippen LogP contribution < -0.4 is 11.5 Å². The molecule has 55 heavy (non-hydrogen) atoms. The summed E-state index contributed by atoms with van der Waals surface area (Å²) in [5.41, 5.74) is 25.5. The maximum Gasteiger partial charge on any atom is 0.0316 e. The van der Waals surface area contributed by atoms with Crippen LogP contribution in [0.4, 0.5) is 11.4 Å². The van der Waals surface area contributed by atoms with E-state index in [0.29, 0.717) is 11.8 Å². The summed E-state index contributed by atoms with van der Waals surface area (Å²) in [5.74, 6) is 1.65. The van der Waals surface area contributed by atoms with E-state index in [-0.39, 0.29) is 5.41 Å². The molecule has 2 unspecified atom stereocenters. The third-order valence-electron chi connectivity index (χ3n) is 13.4. The van der Waals surface area contributed by atoms with E-state index in [2.05, 4.69) is 120 Å². The molecule has 0 bridgehead atoms. The van der Waals surface area contributed by atoms with Gasteiger partial charge in [-0.1, -0.05) is 171 Å². The van der Waals surface area contributed by atoms with Gasteiger partial charge in [0.05, 0.1) is 0 Å². The maximum absolute atomic E-state index is 6.20. The molecule has 0 amide bonds. The molecule has 1 aliphatic rings. The molecule has 1 fully saturated rings. The van der Waals surface area contributed by atoms with E-state index in [0.717, 1.165) is 17.3 Å². The summed E-state index contributed by atoms with van der Waals surface area (Å²) >= 11 is 0. The Kier molecular flexibility index (Phi) is 16.8. The third-order valence-corrected chi connectivity index (χ3v) is 13.4. The lowest BCUT2D eigenvalue weighted by molar-refractivity contribution is 0.250. The van der Waals surface area contributed by atoms with Crippen molar-refractivity contribution in [3.63, 3.8) is 0 Å². The standard InChI is InChI=1S/C53H76N2/c1-6-9-12-13-14-15-16-17-18-19-42-34-36-53(37-35-42,45-26-22-43(23-27-45)51(20-10-7-2)49-32-30-47(54)38-40(49)4)46-28-24-44(25-29-46)52(21-11-8-3)50-33-31-48(55)39-41(50)5/h22-33,38-39,42,51-52H,6-21,34-37,54-55H2,1-5H3. The highest BCUT2D eigenvalue weighted by Crippen LogP contribution is 2.48. The maximum atomic E-state index is 6.20. The van der Waals surface area contributed by atoms with Gasteiger partial charge in [0.1, 0.15) is 0 Å². The van der Waals surface area contributed by atoms with Crippen molar-refractivity contribution in [2.24, 2.45) is 5.92 Å². The van der Waals surface area contributed by atoms with Gasteiger partial charge in [-0.3, -0.25) is 0 Å². The second-order valence-electron chi connectivity index (χ2n) is 17.5. The van der Waals surface area contributed by atoms with Crippen LogP contribution >= 0.6 is 0 Å². The van der Waals surface area contributed by atoms with E-state index in [1.165, 1.54) is 173 Å². The van der Waals surface area contributed by atoms with Gasteiger partial charge >= 0.3 is 0 Å². The summed E-state index contributed by atoms with van der Waals surface area (Å²) in [4.78, 5) is 0. The normalized spacial score (nSPS) is 18.3. The molecule has 0 spiro atoms. The van der Waals surface area contributed by atoms with Crippen LogP contribution in [0.3, 0.4) is 0 Å². The molecule has 2 nitrogen and oxygen atoms in total. The molecule has 0 radical (unpaired) electrons. The minimum atomic E-state index is 0.0537. The number of anilines is 2. The van der Waals surface area contributed by atoms with Crippen LogP contribution in [0.25, 0.3) is 0 Å². The van der Waals surface area contributed by atoms with Crippen molar-refractivity contribution in [3.05, 3.63) is 129 Å². The molecule has 0 aromatic heterocycles.